The molecule has 0 atom stereocenters. The molecule has 2 N–H and O–H groups in total. The molecule has 32 heavy (non-hydrogen) atoms. The van der Waals surface area contributed by atoms with Gasteiger partial charge < -0.3 is 10.3 Å². The van der Waals surface area contributed by atoms with Gasteiger partial charge in [-0.1, -0.05) is 47.5 Å². The van der Waals surface area contributed by atoms with Gasteiger partial charge >= 0.3 is 0 Å². The third kappa shape index (κ3) is 4.57. The third-order valence-corrected chi connectivity index (χ3v) is 6.21. The van der Waals surface area contributed by atoms with E-state index in [9.17, 15) is 19.2 Å². The first-order valence-corrected chi connectivity index (χ1v) is 11.0. The number of halogens is 2. The number of rotatable bonds is 5. The molecule has 0 unspecified atom stereocenters. The number of aromatic amines is 1. The summed E-state index contributed by atoms with van der Waals surface area (Å²) < 4.78 is 0. The summed E-state index contributed by atoms with van der Waals surface area (Å²) >= 11 is 12.8. The summed E-state index contributed by atoms with van der Waals surface area (Å²) in [4.78, 5) is 53.5. The zero-order chi connectivity index (χ0) is 22.8. The Hall–Kier alpha value is -3.07. The molecule has 1 aliphatic heterocycles. The first-order valence-electron chi connectivity index (χ1n) is 9.44. The second-order valence-corrected chi connectivity index (χ2v) is 8.69. The van der Waals surface area contributed by atoms with Gasteiger partial charge in [-0.3, -0.25) is 24.1 Å². The monoisotopic (exact) mass is 487 g/mol. The van der Waals surface area contributed by atoms with Crippen LogP contribution in [-0.4, -0.2) is 40.0 Å². The van der Waals surface area contributed by atoms with Crippen LogP contribution < -0.4 is 10.9 Å². The molecule has 2 heterocycles. The number of carbonyl (C=O) groups is 3. The number of nitrogens with zero attached hydrogens (tertiary/aromatic N) is 1. The summed E-state index contributed by atoms with van der Waals surface area (Å²) in [6.45, 7) is -0.0360. The number of imide groups is 1. The van der Waals surface area contributed by atoms with Crippen molar-refractivity contribution in [3.63, 3.8) is 0 Å². The van der Waals surface area contributed by atoms with E-state index >= 15 is 0 Å². The van der Waals surface area contributed by atoms with Gasteiger partial charge in [0.05, 0.1) is 4.91 Å². The van der Waals surface area contributed by atoms with E-state index in [1.165, 1.54) is 12.1 Å². The second-order valence-electron chi connectivity index (χ2n) is 6.85. The Labute approximate surface area is 196 Å². The van der Waals surface area contributed by atoms with Gasteiger partial charge in [-0.2, -0.15) is 0 Å². The quantitative estimate of drug-likeness (QED) is 0.522. The Kier molecular flexibility index (Phi) is 6.36. The van der Waals surface area contributed by atoms with Crippen molar-refractivity contribution in [3.8, 4) is 0 Å². The van der Waals surface area contributed by atoms with Crippen molar-refractivity contribution in [1.82, 2.24) is 15.2 Å². The van der Waals surface area contributed by atoms with E-state index in [1.807, 2.05) is 0 Å². The molecule has 162 valence electrons. The molecule has 2 aromatic carbocycles. The Balaban J connectivity index is 1.42. The van der Waals surface area contributed by atoms with Crippen LogP contribution >= 0.6 is 35.0 Å². The molecule has 0 saturated carbocycles. The number of hydrogen-bond acceptors (Lipinski definition) is 5. The standard InChI is InChI=1S/C22H15Cl2N3O4S/c23-14-6-5-12(16(24)11-14)10-18-21(30)27(22(31)32-18)8-7-25-19(28)15-9-13-3-1-2-4-17(13)26-20(15)29/h1-6,9-11H,7-8H2,(H,25,28)(H,26,29)/b18-10-. The van der Waals surface area contributed by atoms with Crippen molar-refractivity contribution >= 4 is 69.0 Å². The van der Waals surface area contributed by atoms with Crippen LogP contribution in [0, 0.1) is 0 Å². The fourth-order valence-corrected chi connectivity index (χ4v) is 4.46. The van der Waals surface area contributed by atoms with Crippen LogP contribution in [0.3, 0.4) is 0 Å². The predicted molar refractivity (Wildman–Crippen MR) is 126 cm³/mol. The second kappa shape index (κ2) is 9.20. The number of fused-ring (bicyclic) bond motifs is 1. The Morgan fingerprint density at radius 2 is 1.88 bits per heavy atom. The van der Waals surface area contributed by atoms with Gasteiger partial charge in [0.1, 0.15) is 5.56 Å². The summed E-state index contributed by atoms with van der Waals surface area (Å²) in [7, 11) is 0. The van der Waals surface area contributed by atoms with E-state index < -0.39 is 22.6 Å². The van der Waals surface area contributed by atoms with E-state index in [2.05, 4.69) is 10.3 Å². The van der Waals surface area contributed by atoms with Crippen molar-refractivity contribution in [2.75, 3.05) is 13.1 Å². The molecule has 7 nitrogen and oxygen atoms in total. The number of amides is 3. The van der Waals surface area contributed by atoms with Gasteiger partial charge in [0, 0.05) is 28.7 Å². The van der Waals surface area contributed by atoms with Crippen molar-refractivity contribution in [3.05, 3.63) is 85.0 Å². The molecule has 1 aromatic heterocycles. The summed E-state index contributed by atoms with van der Waals surface area (Å²) in [5, 5.41) is 3.66. The SMILES string of the molecule is O=C(NCCN1C(=O)S/C(=C\c2ccc(Cl)cc2Cl)C1=O)c1cc2ccccc2[nH]c1=O. The van der Waals surface area contributed by atoms with Gasteiger partial charge in [-0.15, -0.1) is 0 Å². The number of thioether (sulfide) groups is 1. The molecule has 1 saturated heterocycles. The van der Waals surface area contributed by atoms with Gasteiger partial charge in [-0.25, -0.2) is 0 Å². The minimum absolute atomic E-state index is 0.00186. The average molecular weight is 488 g/mol. The normalized spacial score (nSPS) is 15.1. The van der Waals surface area contributed by atoms with Crippen LogP contribution in [0.2, 0.25) is 10.0 Å². The lowest BCUT2D eigenvalue weighted by molar-refractivity contribution is -0.122. The van der Waals surface area contributed by atoms with Gasteiger partial charge in [0.25, 0.3) is 22.6 Å². The van der Waals surface area contributed by atoms with E-state index in [-0.39, 0.29) is 23.6 Å². The number of hydrogen-bond donors (Lipinski definition) is 2. The van der Waals surface area contributed by atoms with Crippen LogP contribution in [0.15, 0.2) is 58.2 Å². The molecule has 1 fully saturated rings. The van der Waals surface area contributed by atoms with E-state index in [1.54, 1.807) is 42.5 Å². The van der Waals surface area contributed by atoms with Crippen molar-refractivity contribution in [2.45, 2.75) is 0 Å². The number of para-hydroxylation sites is 1. The molecule has 0 aliphatic carbocycles. The smallest absolute Gasteiger partial charge is 0.293 e. The molecule has 0 spiro atoms. The minimum Gasteiger partial charge on any atom is -0.350 e. The topological polar surface area (TPSA) is 99.3 Å². The molecular formula is C22H15Cl2N3O4S. The zero-order valence-electron chi connectivity index (χ0n) is 16.4. The highest BCUT2D eigenvalue weighted by Crippen LogP contribution is 2.33. The average Bonchev–Trinajstić information content (AvgIpc) is 3.02. The van der Waals surface area contributed by atoms with Crippen molar-refractivity contribution < 1.29 is 14.4 Å². The van der Waals surface area contributed by atoms with Crippen LogP contribution in [0.4, 0.5) is 4.79 Å². The minimum atomic E-state index is -0.590. The lowest BCUT2D eigenvalue weighted by Crippen LogP contribution is -2.38. The molecule has 0 radical (unpaired) electrons. The highest BCUT2D eigenvalue weighted by atomic mass is 35.5. The first-order chi connectivity index (χ1) is 15.3. The number of H-pyrrole nitrogens is 1. The molecule has 0 bridgehead atoms. The molecular weight excluding hydrogens is 473 g/mol. The lowest BCUT2D eigenvalue weighted by Gasteiger charge is -2.13. The van der Waals surface area contributed by atoms with Crippen LogP contribution in [-0.2, 0) is 4.79 Å². The number of nitrogens with one attached hydrogen (secondary N) is 2. The molecule has 4 rings (SSSR count). The number of carbonyl (C=O) groups excluding carboxylic acids is 3. The van der Waals surface area contributed by atoms with Gasteiger partial charge in [0.15, 0.2) is 0 Å². The molecule has 10 heteroatoms. The summed E-state index contributed by atoms with van der Waals surface area (Å²) in [6.07, 6.45) is 1.52. The van der Waals surface area contributed by atoms with E-state index in [0.717, 1.165) is 16.7 Å². The van der Waals surface area contributed by atoms with Gasteiger partial charge in [0.2, 0.25) is 0 Å². The van der Waals surface area contributed by atoms with E-state index in [0.29, 0.717) is 26.5 Å². The zero-order valence-corrected chi connectivity index (χ0v) is 18.7. The first kappa shape index (κ1) is 22.1. The van der Waals surface area contributed by atoms with Crippen LogP contribution in [0.1, 0.15) is 15.9 Å². The van der Waals surface area contributed by atoms with Gasteiger partial charge in [-0.05, 0) is 53.1 Å². The molecule has 3 amide bonds. The van der Waals surface area contributed by atoms with Crippen LogP contribution in [0.25, 0.3) is 17.0 Å². The highest BCUT2D eigenvalue weighted by Gasteiger charge is 2.34. The van der Waals surface area contributed by atoms with E-state index in [4.69, 9.17) is 23.2 Å². The third-order valence-electron chi connectivity index (χ3n) is 4.74. The van der Waals surface area contributed by atoms with Crippen LogP contribution in [0.5, 0.6) is 0 Å². The maximum Gasteiger partial charge on any atom is 0.293 e. The summed E-state index contributed by atoms with van der Waals surface area (Å²) in [5.74, 6) is -1.07. The maximum absolute atomic E-state index is 12.6. The Morgan fingerprint density at radius 3 is 2.66 bits per heavy atom. The summed E-state index contributed by atoms with van der Waals surface area (Å²) in [5.41, 5.74) is 0.620. The summed E-state index contributed by atoms with van der Waals surface area (Å²) in [6, 6.07) is 13.4. The fourth-order valence-electron chi connectivity index (χ4n) is 3.15. The number of pyridine rings is 1. The molecule has 3 aromatic rings. The Bertz CT molecular complexity index is 1350. The highest BCUT2D eigenvalue weighted by molar-refractivity contribution is 8.18. The maximum atomic E-state index is 12.6. The Morgan fingerprint density at radius 1 is 1.09 bits per heavy atom. The lowest BCUT2D eigenvalue weighted by atomic mass is 10.1. The predicted octanol–water partition coefficient (Wildman–Crippen LogP) is 4.30. The largest absolute Gasteiger partial charge is 0.350 e. The van der Waals surface area contributed by atoms with Crippen molar-refractivity contribution in [1.29, 1.82) is 0 Å². The fraction of sp³-hybridized carbons (Fsp3) is 0.0909. The van der Waals surface area contributed by atoms with Crippen molar-refractivity contribution in [2.24, 2.45) is 0 Å². The molecule has 1 aliphatic rings. The number of aromatic nitrogens is 1. The number of benzene rings is 2.